The average Bonchev–Trinajstić information content (AvgIpc) is 2.22. The van der Waals surface area contributed by atoms with E-state index in [1.807, 2.05) is 13.0 Å². The molecule has 3 atom stereocenters. The summed E-state index contributed by atoms with van der Waals surface area (Å²) in [6, 6.07) is 0. The van der Waals surface area contributed by atoms with E-state index in [4.69, 9.17) is 0 Å². The number of fused-ring (bicyclic) bond motifs is 1. The maximum atomic E-state index is 11.9. The zero-order valence-electron chi connectivity index (χ0n) is 10.4. The Bertz CT molecular complexity index is 398. The number of hydrogen-bond acceptors (Lipinski definition) is 1. The number of hydrogen-bond donors (Lipinski definition) is 0. The van der Waals surface area contributed by atoms with Crippen molar-refractivity contribution in [3.63, 3.8) is 0 Å². The predicted molar refractivity (Wildman–Crippen MR) is 67.0 cm³/mol. The molecule has 0 saturated heterocycles. The van der Waals surface area contributed by atoms with Crippen LogP contribution in [0.2, 0.25) is 0 Å². The van der Waals surface area contributed by atoms with E-state index in [9.17, 15) is 4.79 Å². The van der Waals surface area contributed by atoms with Crippen molar-refractivity contribution < 1.29 is 4.79 Å². The minimum atomic E-state index is 0.178. The minimum absolute atomic E-state index is 0.178. The maximum absolute atomic E-state index is 11.9. The molecule has 0 bridgehead atoms. The molecule has 0 radical (unpaired) electrons. The quantitative estimate of drug-likeness (QED) is 0.611. The Balaban J connectivity index is 2.45. The highest BCUT2D eigenvalue weighted by Gasteiger charge is 2.37. The first-order valence-corrected chi connectivity index (χ1v) is 6.09. The van der Waals surface area contributed by atoms with Crippen LogP contribution in [0.25, 0.3) is 0 Å². The topological polar surface area (TPSA) is 17.1 Å². The van der Waals surface area contributed by atoms with Crippen LogP contribution in [0.3, 0.4) is 0 Å². The second-order valence-electron chi connectivity index (χ2n) is 5.31. The summed E-state index contributed by atoms with van der Waals surface area (Å²) >= 11 is 0. The molecule has 2 aliphatic carbocycles. The zero-order chi connectivity index (χ0) is 11.9. The van der Waals surface area contributed by atoms with Gasteiger partial charge in [-0.1, -0.05) is 30.7 Å². The van der Waals surface area contributed by atoms with Gasteiger partial charge in [0.05, 0.1) is 0 Å². The van der Waals surface area contributed by atoms with Crippen LogP contribution in [-0.4, -0.2) is 5.78 Å². The Hall–Kier alpha value is -1.11. The molecule has 0 amide bonds. The summed E-state index contributed by atoms with van der Waals surface area (Å²) in [4.78, 5) is 11.9. The Morgan fingerprint density at radius 2 is 2.19 bits per heavy atom. The molecule has 1 heteroatoms. The lowest BCUT2D eigenvalue weighted by molar-refractivity contribution is -0.120. The number of rotatable bonds is 1. The van der Waals surface area contributed by atoms with E-state index in [0.717, 1.165) is 24.0 Å². The van der Waals surface area contributed by atoms with Gasteiger partial charge in [0, 0.05) is 11.8 Å². The lowest BCUT2D eigenvalue weighted by atomic mass is 9.65. The summed E-state index contributed by atoms with van der Waals surface area (Å²) in [7, 11) is 0. The number of carbonyl (C=O) groups excluding carboxylic acids is 1. The first kappa shape index (κ1) is 11.4. The molecule has 0 fully saturated rings. The van der Waals surface area contributed by atoms with Gasteiger partial charge in [-0.05, 0) is 44.3 Å². The van der Waals surface area contributed by atoms with E-state index in [2.05, 4.69) is 26.5 Å². The molecular formula is C15H20O. The molecule has 2 aliphatic rings. The summed E-state index contributed by atoms with van der Waals surface area (Å²) in [5.74, 6) is 1.39. The predicted octanol–water partition coefficient (Wildman–Crippen LogP) is 3.68. The second kappa shape index (κ2) is 4.04. The molecule has 16 heavy (non-hydrogen) atoms. The van der Waals surface area contributed by atoms with Crippen molar-refractivity contribution >= 4 is 5.78 Å². The molecular weight excluding hydrogens is 196 g/mol. The summed E-state index contributed by atoms with van der Waals surface area (Å²) in [6.45, 7) is 10.3. The van der Waals surface area contributed by atoms with Gasteiger partial charge in [0.2, 0.25) is 0 Å². The van der Waals surface area contributed by atoms with Crippen molar-refractivity contribution in [2.24, 2.45) is 17.8 Å². The van der Waals surface area contributed by atoms with Crippen molar-refractivity contribution in [1.29, 1.82) is 0 Å². The minimum Gasteiger partial charge on any atom is -0.295 e. The van der Waals surface area contributed by atoms with E-state index in [1.54, 1.807) is 0 Å². The fourth-order valence-corrected chi connectivity index (χ4v) is 2.97. The van der Waals surface area contributed by atoms with Gasteiger partial charge in [0.1, 0.15) is 0 Å². The highest BCUT2D eigenvalue weighted by molar-refractivity contribution is 5.94. The second-order valence-corrected chi connectivity index (χ2v) is 5.31. The van der Waals surface area contributed by atoms with Gasteiger partial charge in [-0.25, -0.2) is 0 Å². The van der Waals surface area contributed by atoms with Crippen LogP contribution in [0.15, 0.2) is 35.5 Å². The largest absolute Gasteiger partial charge is 0.295 e. The van der Waals surface area contributed by atoms with Crippen LogP contribution < -0.4 is 0 Å². The first-order valence-electron chi connectivity index (χ1n) is 6.09. The molecule has 2 rings (SSSR count). The molecule has 0 aromatic heterocycles. The lowest BCUT2D eigenvalue weighted by Crippen LogP contribution is -2.34. The monoisotopic (exact) mass is 216 g/mol. The van der Waals surface area contributed by atoms with Gasteiger partial charge in [-0.2, -0.15) is 0 Å². The Kier molecular flexibility index (Phi) is 2.88. The highest BCUT2D eigenvalue weighted by atomic mass is 16.1. The molecule has 0 aliphatic heterocycles. The Labute approximate surface area is 97.9 Å². The fraction of sp³-hybridized carbons (Fsp3) is 0.533. The number of carbonyl (C=O) groups is 1. The van der Waals surface area contributed by atoms with E-state index in [0.29, 0.717) is 11.8 Å². The van der Waals surface area contributed by atoms with Crippen LogP contribution in [0.5, 0.6) is 0 Å². The van der Waals surface area contributed by atoms with Gasteiger partial charge in [0.15, 0.2) is 5.78 Å². The summed E-state index contributed by atoms with van der Waals surface area (Å²) < 4.78 is 0. The maximum Gasteiger partial charge on any atom is 0.159 e. The van der Waals surface area contributed by atoms with Crippen LogP contribution in [0.4, 0.5) is 0 Å². The normalized spacial score (nSPS) is 33.9. The lowest BCUT2D eigenvalue weighted by Gasteiger charge is -2.38. The average molecular weight is 216 g/mol. The molecule has 0 N–H and O–H groups in total. The van der Waals surface area contributed by atoms with Crippen molar-refractivity contribution in [2.45, 2.75) is 33.6 Å². The molecule has 3 unspecified atom stereocenters. The van der Waals surface area contributed by atoms with E-state index < -0.39 is 0 Å². The molecule has 0 saturated carbocycles. The molecule has 86 valence electrons. The third-order valence-corrected chi connectivity index (χ3v) is 4.04. The van der Waals surface area contributed by atoms with E-state index in [1.165, 1.54) is 5.57 Å². The zero-order valence-corrected chi connectivity index (χ0v) is 10.4. The molecule has 0 heterocycles. The van der Waals surface area contributed by atoms with Gasteiger partial charge in [0.25, 0.3) is 0 Å². The molecule has 0 aromatic rings. The Morgan fingerprint density at radius 3 is 2.81 bits per heavy atom. The van der Waals surface area contributed by atoms with E-state index >= 15 is 0 Å². The van der Waals surface area contributed by atoms with Crippen LogP contribution in [0, 0.1) is 17.8 Å². The third kappa shape index (κ3) is 1.79. The smallest absolute Gasteiger partial charge is 0.159 e. The van der Waals surface area contributed by atoms with Crippen LogP contribution in [0.1, 0.15) is 33.6 Å². The van der Waals surface area contributed by atoms with Gasteiger partial charge in [-0.3, -0.25) is 4.79 Å². The SMILES string of the molecule is C=C(C)C1=CC(=O)C(C)C2CCC(C)=CC12. The molecule has 0 aromatic carbocycles. The number of allylic oxidation sites excluding steroid dienone is 5. The fourth-order valence-electron chi connectivity index (χ4n) is 2.97. The van der Waals surface area contributed by atoms with Gasteiger partial charge < -0.3 is 0 Å². The molecule has 1 nitrogen and oxygen atoms in total. The first-order chi connectivity index (χ1) is 7.50. The van der Waals surface area contributed by atoms with Gasteiger partial charge >= 0.3 is 0 Å². The van der Waals surface area contributed by atoms with Crippen LogP contribution >= 0.6 is 0 Å². The standard InChI is InChI=1S/C15H20O/c1-9(2)13-8-15(16)11(4)12-6-5-10(3)7-14(12)13/h7-8,11-12,14H,1,5-6H2,2-4H3. The van der Waals surface area contributed by atoms with Crippen LogP contribution in [-0.2, 0) is 4.79 Å². The highest BCUT2D eigenvalue weighted by Crippen LogP contribution is 2.43. The summed E-state index contributed by atoms with van der Waals surface area (Å²) in [5, 5.41) is 0. The Morgan fingerprint density at radius 1 is 1.50 bits per heavy atom. The van der Waals surface area contributed by atoms with Gasteiger partial charge in [-0.15, -0.1) is 0 Å². The van der Waals surface area contributed by atoms with Crippen molar-refractivity contribution in [2.75, 3.05) is 0 Å². The summed E-state index contributed by atoms with van der Waals surface area (Å²) in [5.41, 5.74) is 3.66. The van der Waals surface area contributed by atoms with Crippen molar-refractivity contribution in [3.05, 3.63) is 35.5 Å². The molecule has 0 spiro atoms. The number of ketones is 1. The summed E-state index contributed by atoms with van der Waals surface area (Å²) in [6.07, 6.45) is 6.45. The van der Waals surface area contributed by atoms with E-state index in [-0.39, 0.29) is 11.7 Å². The van der Waals surface area contributed by atoms with Crippen molar-refractivity contribution in [3.8, 4) is 0 Å². The third-order valence-electron chi connectivity index (χ3n) is 4.04. The van der Waals surface area contributed by atoms with Crippen molar-refractivity contribution in [1.82, 2.24) is 0 Å².